The van der Waals surface area contributed by atoms with Crippen molar-refractivity contribution in [2.24, 2.45) is 0 Å². The molecule has 60 valence electrons. The first-order valence-electron chi connectivity index (χ1n) is 2.73. The number of hydrogen-bond acceptors (Lipinski definition) is 5. The molecule has 0 amide bonds. The van der Waals surface area contributed by atoms with Gasteiger partial charge in [0.15, 0.2) is 6.29 Å². The normalized spacial score (nSPS) is 19.6. The van der Waals surface area contributed by atoms with Crippen LogP contribution in [0.15, 0.2) is 0 Å². The molecule has 0 aromatic heterocycles. The quantitative estimate of drug-likeness (QED) is 0.334. The summed E-state index contributed by atoms with van der Waals surface area (Å²) in [5, 5.41) is 34.1. The topological polar surface area (TPSA) is 98.0 Å². The second-order valence-corrected chi connectivity index (χ2v) is 1.87. The lowest BCUT2D eigenvalue weighted by atomic mass is 12.0. The predicted octanol–water partition coefficient (Wildman–Crippen LogP) is -2.74. The van der Waals surface area contributed by atoms with E-state index in [1.165, 1.54) is 0 Å². The molecule has 0 unspecified atom stereocenters. The third kappa shape index (κ3) is 2.40. The molecule has 0 aromatic rings. The van der Waals surface area contributed by atoms with Crippen LogP contribution in [0.25, 0.3) is 0 Å². The molecular weight excluding hydrogens is 150 g/mol. The Bertz CT molecular complexity index is 104. The molecule has 0 rings (SSSR count). The zero-order chi connectivity index (χ0) is 8.15. The van der Waals surface area contributed by atoms with E-state index in [1.807, 2.05) is 0 Å². The van der Waals surface area contributed by atoms with Crippen LogP contribution in [0.3, 0.4) is 0 Å². The number of carbonyl (C=O) groups excluding carboxylic acids is 1. The Morgan fingerprint density at radius 2 is 1.80 bits per heavy atom. The highest BCUT2D eigenvalue weighted by Crippen LogP contribution is 1.96. The van der Waals surface area contributed by atoms with Crippen molar-refractivity contribution >= 4 is 6.29 Å². The predicted molar refractivity (Wildman–Crippen MR) is 31.2 cm³/mol. The largest absolute Gasteiger partial charge is 0.394 e. The van der Waals surface area contributed by atoms with Gasteiger partial charge >= 0.3 is 0 Å². The molecule has 0 bridgehead atoms. The Morgan fingerprint density at radius 1 is 1.30 bits per heavy atom. The molecule has 4 N–H and O–H groups in total. The maximum Gasteiger partial charge on any atom is 0.151 e. The van der Waals surface area contributed by atoms with E-state index < -0.39 is 24.9 Å². The highest BCUT2D eigenvalue weighted by atomic mass is 16.9. The molecule has 0 aromatic carbocycles. The second-order valence-electron chi connectivity index (χ2n) is 1.87. The van der Waals surface area contributed by atoms with Gasteiger partial charge in [0.2, 0.25) is 0 Å². The summed E-state index contributed by atoms with van der Waals surface area (Å²) < 4.78 is 0. The summed E-state index contributed by atoms with van der Waals surface area (Å²) in [4.78, 5) is 9.76. The van der Waals surface area contributed by atoms with Gasteiger partial charge in [0, 0.05) is 0 Å². The standard InChI is InChI=1S/C5H10O5/c6-1-3(8)5(10)4(9)2-7/h1,3-5,7-10H,2H2/t3-,4+,5+/m0/s1/i1+2,2+2,3+2,4+2,5+2. The molecule has 3 atom stereocenters. The number of aliphatic hydroxyl groups excluding tert-OH is 4. The molecular formula is C5H10O5. The fourth-order valence-corrected chi connectivity index (χ4v) is 0.416. The lowest BCUT2D eigenvalue weighted by molar-refractivity contribution is -0.127. The van der Waals surface area contributed by atoms with Gasteiger partial charge in [0.1, 0.15) is 18.3 Å². The van der Waals surface area contributed by atoms with E-state index in [-0.39, 0.29) is 6.29 Å². The van der Waals surface area contributed by atoms with Gasteiger partial charge in [-0.2, -0.15) is 0 Å². The van der Waals surface area contributed by atoms with Gasteiger partial charge in [-0.3, -0.25) is 0 Å². The smallest absolute Gasteiger partial charge is 0.151 e. The van der Waals surface area contributed by atoms with E-state index in [9.17, 15) is 4.79 Å². The second kappa shape index (κ2) is 4.35. The van der Waals surface area contributed by atoms with Crippen LogP contribution in [0.1, 0.15) is 0 Å². The van der Waals surface area contributed by atoms with Gasteiger partial charge in [-0.05, 0) is 0 Å². The Balaban J connectivity index is 3.80. The summed E-state index contributed by atoms with van der Waals surface area (Å²) in [5.74, 6) is 0. The summed E-state index contributed by atoms with van der Waals surface area (Å²) in [6.07, 6.45) is -4.63. The van der Waals surface area contributed by atoms with E-state index in [1.54, 1.807) is 0 Å². The Labute approximate surface area is 57.5 Å². The number of rotatable bonds is 4. The van der Waals surface area contributed by atoms with Crippen LogP contribution in [0.5, 0.6) is 0 Å². The van der Waals surface area contributed by atoms with Crippen LogP contribution >= 0.6 is 0 Å². The summed E-state index contributed by atoms with van der Waals surface area (Å²) in [6.45, 7) is -0.688. The lowest BCUT2D eigenvalue weighted by Gasteiger charge is -2.16. The van der Waals surface area contributed by atoms with Crippen LogP contribution in [0.4, 0.5) is 0 Å². The van der Waals surface area contributed by atoms with Crippen molar-refractivity contribution in [1.82, 2.24) is 0 Å². The highest BCUT2D eigenvalue weighted by Gasteiger charge is 2.22. The van der Waals surface area contributed by atoms with Gasteiger partial charge in [0.25, 0.3) is 0 Å². The number of aldehydes is 1. The van der Waals surface area contributed by atoms with Crippen molar-refractivity contribution < 1.29 is 25.2 Å². The minimum Gasteiger partial charge on any atom is -0.394 e. The molecule has 0 aliphatic rings. The average Bonchev–Trinajstić information content (AvgIpc) is 2.00. The van der Waals surface area contributed by atoms with Crippen LogP contribution in [-0.4, -0.2) is 51.6 Å². The summed E-state index contributed by atoms with van der Waals surface area (Å²) >= 11 is 0. The third-order valence-electron chi connectivity index (χ3n) is 1.07. The maximum atomic E-state index is 9.76. The molecule has 0 radical (unpaired) electrons. The fourth-order valence-electron chi connectivity index (χ4n) is 0.416. The Hall–Kier alpha value is -0.490. The van der Waals surface area contributed by atoms with E-state index >= 15 is 0 Å². The SMILES string of the molecule is O=[14CH][14C@H](O)[14C@@H](O)[14C@H](O)[14CH2]O. The van der Waals surface area contributed by atoms with Gasteiger partial charge in [0.05, 0.1) is 6.61 Å². The summed E-state index contributed by atoms with van der Waals surface area (Å²) in [6, 6.07) is 0. The molecule has 0 saturated heterocycles. The van der Waals surface area contributed by atoms with E-state index in [0.29, 0.717) is 0 Å². The molecule has 0 fully saturated rings. The molecule has 0 saturated carbocycles. The van der Waals surface area contributed by atoms with E-state index in [0.717, 1.165) is 0 Å². The van der Waals surface area contributed by atoms with Crippen molar-refractivity contribution in [1.29, 1.82) is 0 Å². The van der Waals surface area contributed by atoms with Gasteiger partial charge < -0.3 is 25.2 Å². The van der Waals surface area contributed by atoms with Gasteiger partial charge in [-0.15, -0.1) is 0 Å². The summed E-state index contributed by atoms with van der Waals surface area (Å²) in [7, 11) is 0. The number of hydrogen-bond donors (Lipinski definition) is 4. The van der Waals surface area contributed by atoms with Crippen LogP contribution in [0, 0.1) is 0 Å². The molecule has 0 heterocycles. The minimum atomic E-state index is -1.64. The van der Waals surface area contributed by atoms with Crippen molar-refractivity contribution in [3.8, 4) is 0 Å². The van der Waals surface area contributed by atoms with Crippen LogP contribution in [0.2, 0.25) is 0 Å². The van der Waals surface area contributed by atoms with E-state index in [4.69, 9.17) is 20.4 Å². The van der Waals surface area contributed by atoms with Crippen molar-refractivity contribution in [3.63, 3.8) is 0 Å². The number of aliphatic hydroxyl groups is 4. The molecule has 5 heteroatoms. The zero-order valence-corrected chi connectivity index (χ0v) is 5.21. The third-order valence-corrected chi connectivity index (χ3v) is 1.07. The Morgan fingerprint density at radius 3 is 2.10 bits per heavy atom. The number of carbonyl (C=O) groups is 1. The van der Waals surface area contributed by atoms with Crippen molar-refractivity contribution in [3.05, 3.63) is 0 Å². The minimum absolute atomic E-state index is 0.0869. The first kappa shape index (κ1) is 9.51. The van der Waals surface area contributed by atoms with E-state index in [2.05, 4.69) is 0 Å². The average molecular weight is 160 g/mol. The molecule has 10 heavy (non-hydrogen) atoms. The van der Waals surface area contributed by atoms with Crippen molar-refractivity contribution in [2.75, 3.05) is 6.61 Å². The molecule has 5 nitrogen and oxygen atoms in total. The Kier molecular flexibility index (Phi) is 4.13. The highest BCUT2D eigenvalue weighted by molar-refractivity contribution is 5.56. The first-order chi connectivity index (χ1) is 4.63. The molecule has 0 aliphatic carbocycles. The first-order valence-corrected chi connectivity index (χ1v) is 2.73. The summed E-state index contributed by atoms with van der Waals surface area (Å²) in [5.41, 5.74) is 0. The van der Waals surface area contributed by atoms with Crippen LogP contribution < -0.4 is 0 Å². The monoisotopic (exact) mass is 160 g/mol. The molecule has 0 spiro atoms. The van der Waals surface area contributed by atoms with Crippen molar-refractivity contribution in [2.45, 2.75) is 18.3 Å². The van der Waals surface area contributed by atoms with Gasteiger partial charge in [-0.1, -0.05) is 0 Å². The molecule has 0 aliphatic heterocycles. The van der Waals surface area contributed by atoms with Gasteiger partial charge in [-0.25, -0.2) is 0 Å². The fraction of sp³-hybridized carbons (Fsp3) is 0.800. The lowest BCUT2D eigenvalue weighted by Crippen LogP contribution is -2.40. The zero-order valence-electron chi connectivity index (χ0n) is 5.21. The maximum absolute atomic E-state index is 9.76. The van der Waals surface area contributed by atoms with Crippen LogP contribution in [-0.2, 0) is 4.79 Å².